The van der Waals surface area contributed by atoms with Gasteiger partial charge in [0.1, 0.15) is 0 Å². The third kappa shape index (κ3) is 3.56. The smallest absolute Gasteiger partial charge is 0.181 e. The van der Waals surface area contributed by atoms with Gasteiger partial charge in [-0.3, -0.25) is 0 Å². The first-order valence-electron chi connectivity index (χ1n) is 6.33. The van der Waals surface area contributed by atoms with Crippen molar-refractivity contribution in [3.05, 3.63) is 29.8 Å². The summed E-state index contributed by atoms with van der Waals surface area (Å²) in [6.07, 6.45) is 3.48. The molecule has 0 bridgehead atoms. The molecule has 1 aromatic rings. The molecule has 0 aromatic heterocycles. The molecule has 1 unspecified atom stereocenters. The van der Waals surface area contributed by atoms with E-state index >= 15 is 0 Å². The molecule has 0 saturated carbocycles. The van der Waals surface area contributed by atoms with Crippen molar-refractivity contribution in [1.82, 2.24) is 0 Å². The Morgan fingerprint density at radius 2 is 1.71 bits per heavy atom. The van der Waals surface area contributed by atoms with Crippen LogP contribution in [0.15, 0.2) is 29.2 Å². The minimum absolute atomic E-state index is 0.231. The quantitative estimate of drug-likeness (QED) is 0.775. The maximum Gasteiger partial charge on any atom is 0.181 e. The highest BCUT2D eigenvalue weighted by Gasteiger charge is 2.24. The molecule has 0 fully saturated rings. The summed E-state index contributed by atoms with van der Waals surface area (Å²) in [7, 11) is -3.14. The van der Waals surface area contributed by atoms with Crippen LogP contribution in [0.2, 0.25) is 0 Å². The van der Waals surface area contributed by atoms with E-state index in [1.54, 1.807) is 12.1 Å². The van der Waals surface area contributed by atoms with Gasteiger partial charge >= 0.3 is 0 Å². The van der Waals surface area contributed by atoms with Gasteiger partial charge in [0.2, 0.25) is 0 Å². The Morgan fingerprint density at radius 3 is 2.18 bits per heavy atom. The molecule has 0 aliphatic rings. The Labute approximate surface area is 105 Å². The van der Waals surface area contributed by atoms with Gasteiger partial charge in [-0.25, -0.2) is 8.42 Å². The van der Waals surface area contributed by atoms with Gasteiger partial charge in [-0.15, -0.1) is 0 Å². The molecule has 1 aromatic carbocycles. The van der Waals surface area contributed by atoms with Crippen LogP contribution in [0, 0.1) is 6.92 Å². The normalized spacial score (nSPS) is 13.6. The predicted molar refractivity (Wildman–Crippen MR) is 72.0 cm³/mol. The fourth-order valence-electron chi connectivity index (χ4n) is 1.93. The van der Waals surface area contributed by atoms with Gasteiger partial charge in [0.15, 0.2) is 9.84 Å². The molecule has 0 aliphatic carbocycles. The van der Waals surface area contributed by atoms with Crippen LogP contribution in [-0.4, -0.2) is 13.7 Å². The molecule has 0 amide bonds. The fourth-order valence-corrected chi connectivity index (χ4v) is 3.75. The molecule has 17 heavy (non-hydrogen) atoms. The number of unbranched alkanes of at least 4 members (excludes halogenated alkanes) is 1. The monoisotopic (exact) mass is 254 g/mol. The van der Waals surface area contributed by atoms with Gasteiger partial charge in [0.25, 0.3) is 0 Å². The number of rotatable bonds is 6. The van der Waals surface area contributed by atoms with E-state index in [2.05, 4.69) is 6.92 Å². The molecule has 1 atom stereocenters. The SMILES string of the molecule is CCCCC(CC)S(=O)(=O)c1ccc(C)cc1. The van der Waals surface area contributed by atoms with Crippen LogP contribution in [0.5, 0.6) is 0 Å². The molecular weight excluding hydrogens is 232 g/mol. The largest absolute Gasteiger partial charge is 0.223 e. The summed E-state index contributed by atoms with van der Waals surface area (Å²) in [5.74, 6) is 0. The van der Waals surface area contributed by atoms with Crippen molar-refractivity contribution in [2.75, 3.05) is 0 Å². The lowest BCUT2D eigenvalue weighted by Gasteiger charge is -2.15. The highest BCUT2D eigenvalue weighted by molar-refractivity contribution is 7.92. The van der Waals surface area contributed by atoms with Crippen LogP contribution >= 0.6 is 0 Å². The maximum absolute atomic E-state index is 12.4. The van der Waals surface area contributed by atoms with Gasteiger partial charge in [0, 0.05) is 0 Å². The van der Waals surface area contributed by atoms with E-state index in [1.165, 1.54) is 0 Å². The van der Waals surface area contributed by atoms with Crippen molar-refractivity contribution in [2.45, 2.75) is 56.6 Å². The van der Waals surface area contributed by atoms with Gasteiger partial charge in [0.05, 0.1) is 10.1 Å². The average Bonchev–Trinajstić information content (AvgIpc) is 2.30. The van der Waals surface area contributed by atoms with Crippen LogP contribution in [-0.2, 0) is 9.84 Å². The summed E-state index contributed by atoms with van der Waals surface area (Å²) in [6.45, 7) is 6.00. The number of aryl methyl sites for hydroxylation is 1. The molecule has 0 radical (unpaired) electrons. The Morgan fingerprint density at radius 1 is 1.12 bits per heavy atom. The minimum atomic E-state index is -3.14. The van der Waals surface area contributed by atoms with Crippen LogP contribution in [0.25, 0.3) is 0 Å². The lowest BCUT2D eigenvalue weighted by atomic mass is 10.2. The zero-order chi connectivity index (χ0) is 12.9. The summed E-state index contributed by atoms with van der Waals surface area (Å²) in [4.78, 5) is 0.464. The number of hydrogen-bond donors (Lipinski definition) is 0. The van der Waals surface area contributed by atoms with E-state index in [-0.39, 0.29) is 5.25 Å². The highest BCUT2D eigenvalue weighted by Crippen LogP contribution is 2.22. The van der Waals surface area contributed by atoms with E-state index in [0.29, 0.717) is 11.3 Å². The zero-order valence-corrected chi connectivity index (χ0v) is 11.8. The molecule has 0 N–H and O–H groups in total. The van der Waals surface area contributed by atoms with E-state index in [1.807, 2.05) is 26.0 Å². The summed E-state index contributed by atoms with van der Waals surface area (Å²) in [5, 5.41) is -0.231. The lowest BCUT2D eigenvalue weighted by molar-refractivity contribution is 0.558. The number of benzene rings is 1. The van der Waals surface area contributed by atoms with Gasteiger partial charge in [-0.1, -0.05) is 44.4 Å². The van der Waals surface area contributed by atoms with Gasteiger partial charge in [-0.2, -0.15) is 0 Å². The highest BCUT2D eigenvalue weighted by atomic mass is 32.2. The van der Waals surface area contributed by atoms with Crippen molar-refractivity contribution in [2.24, 2.45) is 0 Å². The van der Waals surface area contributed by atoms with Crippen molar-refractivity contribution in [3.8, 4) is 0 Å². The summed E-state index contributed by atoms with van der Waals surface area (Å²) < 4.78 is 24.8. The second-order valence-electron chi connectivity index (χ2n) is 4.53. The van der Waals surface area contributed by atoms with Crippen LogP contribution < -0.4 is 0 Å². The third-order valence-electron chi connectivity index (χ3n) is 3.12. The molecule has 0 heterocycles. The topological polar surface area (TPSA) is 34.1 Å². The van der Waals surface area contributed by atoms with E-state index in [9.17, 15) is 8.42 Å². The second kappa shape index (κ2) is 6.20. The van der Waals surface area contributed by atoms with E-state index < -0.39 is 9.84 Å². The molecule has 0 aliphatic heterocycles. The average molecular weight is 254 g/mol. The minimum Gasteiger partial charge on any atom is -0.223 e. The molecular formula is C14H22O2S. The van der Waals surface area contributed by atoms with Crippen molar-refractivity contribution in [1.29, 1.82) is 0 Å². The van der Waals surface area contributed by atoms with E-state index in [0.717, 1.165) is 24.8 Å². The van der Waals surface area contributed by atoms with Gasteiger partial charge in [-0.05, 0) is 31.9 Å². The molecule has 0 spiro atoms. The van der Waals surface area contributed by atoms with Crippen LogP contribution in [0.4, 0.5) is 0 Å². The molecule has 96 valence electrons. The lowest BCUT2D eigenvalue weighted by Crippen LogP contribution is -2.20. The van der Waals surface area contributed by atoms with Crippen LogP contribution in [0.3, 0.4) is 0 Å². The Bertz CT molecular complexity index is 432. The number of hydrogen-bond acceptors (Lipinski definition) is 2. The Balaban J connectivity index is 2.95. The van der Waals surface area contributed by atoms with Crippen molar-refractivity contribution >= 4 is 9.84 Å². The molecule has 2 nitrogen and oxygen atoms in total. The first-order valence-corrected chi connectivity index (χ1v) is 7.87. The second-order valence-corrected chi connectivity index (χ2v) is 6.76. The summed E-state index contributed by atoms with van der Waals surface area (Å²) in [6, 6.07) is 7.16. The first-order chi connectivity index (χ1) is 8.02. The van der Waals surface area contributed by atoms with Crippen molar-refractivity contribution in [3.63, 3.8) is 0 Å². The van der Waals surface area contributed by atoms with Gasteiger partial charge < -0.3 is 0 Å². The third-order valence-corrected chi connectivity index (χ3v) is 5.50. The standard InChI is InChI=1S/C14H22O2S/c1-4-6-7-13(5-2)17(15,16)14-10-8-12(3)9-11-14/h8-11,13H,4-7H2,1-3H3. The molecule has 0 saturated heterocycles. The number of sulfone groups is 1. The first kappa shape index (κ1) is 14.2. The summed E-state index contributed by atoms with van der Waals surface area (Å²) in [5.41, 5.74) is 1.09. The fraction of sp³-hybridized carbons (Fsp3) is 0.571. The van der Waals surface area contributed by atoms with E-state index in [4.69, 9.17) is 0 Å². The Hall–Kier alpha value is -0.830. The maximum atomic E-state index is 12.4. The zero-order valence-electron chi connectivity index (χ0n) is 10.9. The predicted octanol–water partition coefficient (Wildman–Crippen LogP) is 3.74. The van der Waals surface area contributed by atoms with Crippen LogP contribution in [0.1, 0.15) is 45.1 Å². The Kier molecular flexibility index (Phi) is 5.19. The van der Waals surface area contributed by atoms with Crippen molar-refractivity contribution < 1.29 is 8.42 Å². The molecule has 3 heteroatoms. The summed E-state index contributed by atoms with van der Waals surface area (Å²) >= 11 is 0. The molecule has 1 rings (SSSR count).